The smallest absolute Gasteiger partial charge is 0.462 e. The molecule has 0 aromatic carbocycles. The molecule has 0 aliphatic heterocycles. The van der Waals surface area contributed by atoms with Crippen LogP contribution in [0.1, 0.15) is 194 Å². The van der Waals surface area contributed by atoms with Gasteiger partial charge >= 0.3 is 19.8 Å². The van der Waals surface area contributed by atoms with Crippen LogP contribution in [0.2, 0.25) is 0 Å². The van der Waals surface area contributed by atoms with Gasteiger partial charge in [-0.15, -0.1) is 0 Å². The van der Waals surface area contributed by atoms with E-state index in [1.807, 2.05) is 6.08 Å². The summed E-state index contributed by atoms with van der Waals surface area (Å²) in [6.07, 6.45) is 51.0. The summed E-state index contributed by atoms with van der Waals surface area (Å²) in [5.74, 6) is -0.977. The number of rotatable bonds is 39. The first kappa shape index (κ1) is 51.8. The van der Waals surface area contributed by atoms with Gasteiger partial charge in [0.25, 0.3) is 0 Å². The highest BCUT2D eigenvalue weighted by atomic mass is 31.2. The number of unbranched alkanes of at least 4 members (excludes halogenated alkanes) is 19. The summed E-state index contributed by atoms with van der Waals surface area (Å²) in [6, 6.07) is 0. The highest BCUT2D eigenvalue weighted by molar-refractivity contribution is 7.46. The second kappa shape index (κ2) is 40.4. The van der Waals surface area contributed by atoms with Gasteiger partial charge in [-0.25, -0.2) is 4.57 Å². The summed E-state index contributed by atoms with van der Waals surface area (Å²) in [4.78, 5) is 42.8. The molecule has 9 heteroatoms. The molecule has 0 saturated carbocycles. The van der Waals surface area contributed by atoms with E-state index in [4.69, 9.17) is 19.3 Å². The topological polar surface area (TPSA) is 119 Å². The van der Waals surface area contributed by atoms with Crippen molar-refractivity contribution < 1.29 is 37.9 Å². The Morgan fingerprint density at radius 2 is 0.852 bits per heavy atom. The first-order valence-corrected chi connectivity index (χ1v) is 23.1. The summed E-state index contributed by atoms with van der Waals surface area (Å²) in [6.45, 7) is 3.62. The quantitative estimate of drug-likeness (QED) is 0.0274. The van der Waals surface area contributed by atoms with Crippen LogP contribution < -0.4 is 0 Å². The number of esters is 2. The average Bonchev–Trinajstić information content (AvgIpc) is 3.14. The molecule has 0 saturated heterocycles. The molecule has 0 unspecified atom stereocenters. The van der Waals surface area contributed by atoms with Crippen LogP contribution in [-0.2, 0) is 28.2 Å². The van der Waals surface area contributed by atoms with Crippen molar-refractivity contribution in [2.45, 2.75) is 200 Å². The number of allylic oxidation sites excluding steroid dienone is 10. The third kappa shape index (κ3) is 42.5. The van der Waals surface area contributed by atoms with Gasteiger partial charge in [0.1, 0.15) is 6.61 Å². The maximum atomic E-state index is 12.4. The van der Waals surface area contributed by atoms with E-state index in [9.17, 15) is 14.2 Å². The number of ether oxygens (including phenoxy) is 2. The Kier molecular flexibility index (Phi) is 38.7. The Morgan fingerprint density at radius 3 is 1.31 bits per heavy atom. The van der Waals surface area contributed by atoms with Crippen molar-refractivity contribution >= 4 is 19.8 Å². The fourth-order valence-electron chi connectivity index (χ4n) is 5.77. The third-order valence-electron chi connectivity index (χ3n) is 9.01. The zero-order valence-corrected chi connectivity index (χ0v) is 35.2. The maximum Gasteiger partial charge on any atom is 0.469 e. The lowest BCUT2D eigenvalue weighted by Crippen LogP contribution is -2.29. The van der Waals surface area contributed by atoms with E-state index in [1.54, 1.807) is 0 Å². The minimum Gasteiger partial charge on any atom is -0.462 e. The Bertz CT molecular complexity index is 1060. The molecule has 0 amide bonds. The van der Waals surface area contributed by atoms with Gasteiger partial charge in [0.2, 0.25) is 0 Å². The van der Waals surface area contributed by atoms with E-state index in [-0.39, 0.29) is 19.4 Å². The van der Waals surface area contributed by atoms with Gasteiger partial charge in [0.05, 0.1) is 6.61 Å². The second-order valence-corrected chi connectivity index (χ2v) is 15.5. The molecule has 0 spiro atoms. The van der Waals surface area contributed by atoms with E-state index in [0.717, 1.165) is 38.5 Å². The summed E-state index contributed by atoms with van der Waals surface area (Å²) in [7, 11) is -4.78. The highest BCUT2D eigenvalue weighted by Crippen LogP contribution is 2.36. The number of hydrogen-bond donors (Lipinski definition) is 2. The molecule has 0 aromatic rings. The normalized spacial score (nSPS) is 13.0. The van der Waals surface area contributed by atoms with Gasteiger partial charge in [-0.2, -0.15) is 0 Å². The lowest BCUT2D eigenvalue weighted by Gasteiger charge is -2.18. The molecule has 0 radical (unpaired) electrons. The summed E-state index contributed by atoms with van der Waals surface area (Å²) >= 11 is 0. The van der Waals surface area contributed by atoms with E-state index in [1.165, 1.54) is 109 Å². The average molecular weight is 779 g/mol. The molecule has 1 atom stereocenters. The SMILES string of the molecule is CCCCCCCCC/C=C/C/C=C/C/C=C/C/C=C/CCCC(=O)O[C@H](COC(=O)CCCC/C=C/CCCCCCCCCCC)COP(=O)(O)O. The largest absolute Gasteiger partial charge is 0.469 e. The van der Waals surface area contributed by atoms with Crippen LogP contribution in [0.15, 0.2) is 60.8 Å². The molecule has 0 aliphatic carbocycles. The van der Waals surface area contributed by atoms with Gasteiger partial charge in [-0.05, 0) is 77.0 Å². The number of hydrogen-bond acceptors (Lipinski definition) is 6. The van der Waals surface area contributed by atoms with Gasteiger partial charge in [0.15, 0.2) is 6.10 Å². The zero-order valence-electron chi connectivity index (χ0n) is 34.4. The van der Waals surface area contributed by atoms with Crippen molar-refractivity contribution in [1.29, 1.82) is 0 Å². The van der Waals surface area contributed by atoms with Crippen LogP contribution in [0.3, 0.4) is 0 Å². The van der Waals surface area contributed by atoms with Gasteiger partial charge in [-0.1, -0.05) is 164 Å². The monoisotopic (exact) mass is 779 g/mol. The molecular weight excluding hydrogens is 699 g/mol. The van der Waals surface area contributed by atoms with Gasteiger partial charge in [-0.3, -0.25) is 14.1 Å². The maximum absolute atomic E-state index is 12.4. The molecule has 0 bridgehead atoms. The van der Waals surface area contributed by atoms with E-state index in [0.29, 0.717) is 19.3 Å². The Labute approximate surface area is 330 Å². The van der Waals surface area contributed by atoms with Crippen molar-refractivity contribution in [1.82, 2.24) is 0 Å². The Morgan fingerprint density at radius 1 is 0.481 bits per heavy atom. The number of phosphoric ester groups is 1. The van der Waals surface area contributed by atoms with Crippen molar-refractivity contribution in [2.24, 2.45) is 0 Å². The molecule has 2 N–H and O–H groups in total. The first-order chi connectivity index (χ1) is 26.3. The molecule has 0 aliphatic rings. The minimum absolute atomic E-state index is 0.130. The third-order valence-corrected chi connectivity index (χ3v) is 9.49. The second-order valence-electron chi connectivity index (χ2n) is 14.3. The van der Waals surface area contributed by atoms with Crippen LogP contribution in [0.5, 0.6) is 0 Å². The van der Waals surface area contributed by atoms with Crippen molar-refractivity contribution in [3.8, 4) is 0 Å². The Hall–Kier alpha value is -2.25. The van der Waals surface area contributed by atoms with E-state index in [2.05, 4.69) is 73.1 Å². The standard InChI is InChI=1S/C45H79O8P/c1-3-5-7-9-11-13-15-17-19-20-21-22-23-24-26-28-30-32-34-36-38-40-45(47)53-43(42-52-54(48,49)50)41-51-44(46)39-37-35-33-31-29-27-25-18-16-14-12-10-8-6-4-2/h19-20,22-23,26,28-29,31-32,34,43H,3-18,21,24-25,27,30,33,35-42H2,1-2H3,(H2,48,49,50)/b20-19+,23-22+,28-26+,31-29+,34-32+/t43-/m1/s1. The van der Waals surface area contributed by atoms with E-state index >= 15 is 0 Å². The lowest BCUT2D eigenvalue weighted by molar-refractivity contribution is -0.161. The number of carbonyl (C=O) groups is 2. The summed E-state index contributed by atoms with van der Waals surface area (Å²) in [5.41, 5.74) is 0. The van der Waals surface area contributed by atoms with Crippen molar-refractivity contribution in [3.05, 3.63) is 60.8 Å². The minimum atomic E-state index is -4.78. The fraction of sp³-hybridized carbons (Fsp3) is 0.733. The Balaban J connectivity index is 4.05. The lowest BCUT2D eigenvalue weighted by atomic mass is 10.1. The molecule has 0 aromatic heterocycles. The molecule has 312 valence electrons. The van der Waals surface area contributed by atoms with E-state index < -0.39 is 32.5 Å². The van der Waals surface area contributed by atoms with Crippen LogP contribution in [0.4, 0.5) is 0 Å². The summed E-state index contributed by atoms with van der Waals surface area (Å²) in [5, 5.41) is 0. The number of phosphoric acid groups is 1. The van der Waals surface area contributed by atoms with Gasteiger partial charge < -0.3 is 19.3 Å². The zero-order chi connectivity index (χ0) is 39.6. The molecule has 0 rings (SSSR count). The molecule has 54 heavy (non-hydrogen) atoms. The molecule has 8 nitrogen and oxygen atoms in total. The first-order valence-electron chi connectivity index (χ1n) is 21.6. The van der Waals surface area contributed by atoms with Crippen molar-refractivity contribution in [2.75, 3.05) is 13.2 Å². The van der Waals surface area contributed by atoms with Crippen LogP contribution >= 0.6 is 7.82 Å². The van der Waals surface area contributed by atoms with Crippen molar-refractivity contribution in [3.63, 3.8) is 0 Å². The molecular formula is C45H79O8P. The van der Waals surface area contributed by atoms with Gasteiger partial charge in [0, 0.05) is 12.8 Å². The molecule has 0 heterocycles. The van der Waals surface area contributed by atoms with Crippen LogP contribution in [0, 0.1) is 0 Å². The molecule has 0 fully saturated rings. The van der Waals surface area contributed by atoms with Crippen LogP contribution in [-0.4, -0.2) is 41.0 Å². The number of carbonyl (C=O) groups excluding carboxylic acids is 2. The predicted octanol–water partition coefficient (Wildman–Crippen LogP) is 13.3. The highest BCUT2D eigenvalue weighted by Gasteiger charge is 2.22. The fourth-order valence-corrected chi connectivity index (χ4v) is 6.13. The summed E-state index contributed by atoms with van der Waals surface area (Å²) < 4.78 is 26.3. The predicted molar refractivity (Wildman–Crippen MR) is 225 cm³/mol. The van der Waals surface area contributed by atoms with Crippen LogP contribution in [0.25, 0.3) is 0 Å².